The third kappa shape index (κ3) is 3.30. The molecule has 0 saturated carbocycles. The van der Waals surface area contributed by atoms with Gasteiger partial charge in [-0.3, -0.25) is 9.69 Å². The Morgan fingerprint density at radius 1 is 1.30 bits per heavy atom. The average Bonchev–Trinajstić information content (AvgIpc) is 2.96. The van der Waals surface area contributed by atoms with Crippen LogP contribution in [0.5, 0.6) is 0 Å². The number of piperazine rings is 1. The fraction of sp³-hybridized carbons (Fsp3) is 0.857. The number of carbonyl (C=O) groups is 2. The summed E-state index contributed by atoms with van der Waals surface area (Å²) >= 11 is 0. The maximum Gasteiger partial charge on any atom is 0.328 e. The fourth-order valence-corrected chi connectivity index (χ4v) is 2.98. The first kappa shape index (κ1) is 15.3. The molecular weight excluding hydrogens is 258 g/mol. The minimum atomic E-state index is -0.382. The number of nitrogens with zero attached hydrogens (tertiary/aromatic N) is 2. The minimum Gasteiger partial charge on any atom is -0.464 e. The number of hydrogen-bond acceptors (Lipinski definition) is 5. The Hall–Kier alpha value is -1.14. The lowest BCUT2D eigenvalue weighted by Crippen LogP contribution is -2.55. The Labute approximate surface area is 120 Å². The molecule has 0 aromatic rings. The second-order valence-corrected chi connectivity index (χ2v) is 5.40. The normalized spacial score (nSPS) is 25.5. The molecule has 1 amide bonds. The summed E-state index contributed by atoms with van der Waals surface area (Å²) in [6, 6.07) is -0.542. The molecule has 20 heavy (non-hydrogen) atoms. The van der Waals surface area contributed by atoms with Gasteiger partial charge in [0, 0.05) is 32.7 Å². The number of ether oxygens (including phenoxy) is 1. The van der Waals surface area contributed by atoms with Crippen molar-refractivity contribution in [1.29, 1.82) is 0 Å². The molecule has 2 unspecified atom stereocenters. The summed E-state index contributed by atoms with van der Waals surface area (Å²) in [6.07, 6.45) is 1.60. The average molecular weight is 283 g/mol. The van der Waals surface area contributed by atoms with E-state index < -0.39 is 0 Å². The number of likely N-dealkylation sites (tertiary alicyclic amines) is 1. The van der Waals surface area contributed by atoms with Crippen molar-refractivity contribution in [3.63, 3.8) is 0 Å². The molecule has 6 nitrogen and oxygen atoms in total. The van der Waals surface area contributed by atoms with Crippen LogP contribution in [-0.2, 0) is 14.3 Å². The van der Waals surface area contributed by atoms with E-state index in [1.807, 2.05) is 6.92 Å². The van der Waals surface area contributed by atoms with E-state index in [4.69, 9.17) is 4.74 Å². The molecule has 2 saturated heterocycles. The zero-order valence-electron chi connectivity index (χ0n) is 12.4. The minimum absolute atomic E-state index is 0.0578. The Bertz CT molecular complexity index is 356. The van der Waals surface area contributed by atoms with E-state index in [1.54, 1.807) is 11.8 Å². The van der Waals surface area contributed by atoms with Gasteiger partial charge < -0.3 is 15.0 Å². The lowest BCUT2D eigenvalue weighted by atomic mass is 10.2. The maximum atomic E-state index is 12.6. The first-order chi connectivity index (χ1) is 9.65. The predicted octanol–water partition coefficient (Wildman–Crippen LogP) is -0.166. The molecule has 0 spiro atoms. The molecule has 0 bridgehead atoms. The number of carbonyl (C=O) groups excluding carboxylic acids is 2. The van der Waals surface area contributed by atoms with Crippen LogP contribution in [-0.4, -0.2) is 73.1 Å². The van der Waals surface area contributed by atoms with Crippen LogP contribution in [0.4, 0.5) is 0 Å². The van der Waals surface area contributed by atoms with E-state index in [-0.39, 0.29) is 24.0 Å². The molecule has 2 atom stereocenters. The number of amides is 1. The summed E-state index contributed by atoms with van der Waals surface area (Å²) in [5.74, 6) is -0.201. The zero-order valence-corrected chi connectivity index (χ0v) is 12.4. The van der Waals surface area contributed by atoms with Gasteiger partial charge in [-0.1, -0.05) is 0 Å². The molecule has 114 valence electrons. The van der Waals surface area contributed by atoms with Gasteiger partial charge in [0.05, 0.1) is 12.6 Å². The topological polar surface area (TPSA) is 61.9 Å². The lowest BCUT2D eigenvalue weighted by Gasteiger charge is -2.35. The maximum absolute atomic E-state index is 12.6. The highest BCUT2D eigenvalue weighted by Gasteiger charge is 2.38. The van der Waals surface area contributed by atoms with E-state index in [0.29, 0.717) is 13.2 Å². The second-order valence-electron chi connectivity index (χ2n) is 5.40. The molecule has 0 aliphatic carbocycles. The highest BCUT2D eigenvalue weighted by atomic mass is 16.5. The van der Waals surface area contributed by atoms with Gasteiger partial charge in [-0.15, -0.1) is 0 Å². The molecule has 2 fully saturated rings. The van der Waals surface area contributed by atoms with Gasteiger partial charge in [-0.05, 0) is 26.7 Å². The molecule has 0 aromatic heterocycles. The SMILES string of the molecule is CCOC(=O)C1CCCN1C(=O)C(C)N1CCNCC1. The third-order valence-corrected chi connectivity index (χ3v) is 4.15. The van der Waals surface area contributed by atoms with Crippen LogP contribution in [0.1, 0.15) is 26.7 Å². The van der Waals surface area contributed by atoms with E-state index in [0.717, 1.165) is 39.0 Å². The van der Waals surface area contributed by atoms with Crippen molar-refractivity contribution in [3.8, 4) is 0 Å². The fourth-order valence-electron chi connectivity index (χ4n) is 2.98. The molecule has 0 radical (unpaired) electrons. The van der Waals surface area contributed by atoms with Crippen LogP contribution in [0.15, 0.2) is 0 Å². The van der Waals surface area contributed by atoms with Crippen molar-refractivity contribution >= 4 is 11.9 Å². The van der Waals surface area contributed by atoms with Gasteiger partial charge in [0.2, 0.25) is 5.91 Å². The third-order valence-electron chi connectivity index (χ3n) is 4.15. The van der Waals surface area contributed by atoms with Crippen molar-refractivity contribution < 1.29 is 14.3 Å². The summed E-state index contributed by atoms with van der Waals surface area (Å²) in [5, 5.41) is 3.28. The van der Waals surface area contributed by atoms with Crippen LogP contribution in [0.3, 0.4) is 0 Å². The first-order valence-corrected chi connectivity index (χ1v) is 7.57. The zero-order chi connectivity index (χ0) is 14.5. The van der Waals surface area contributed by atoms with Gasteiger partial charge in [-0.2, -0.15) is 0 Å². The summed E-state index contributed by atoms with van der Waals surface area (Å²) in [4.78, 5) is 28.4. The smallest absolute Gasteiger partial charge is 0.328 e. The van der Waals surface area contributed by atoms with Crippen molar-refractivity contribution in [2.24, 2.45) is 0 Å². The van der Waals surface area contributed by atoms with Gasteiger partial charge >= 0.3 is 5.97 Å². The Balaban J connectivity index is 1.97. The quantitative estimate of drug-likeness (QED) is 0.726. The van der Waals surface area contributed by atoms with E-state index in [1.165, 1.54) is 0 Å². The molecule has 1 N–H and O–H groups in total. The first-order valence-electron chi connectivity index (χ1n) is 7.57. The van der Waals surface area contributed by atoms with E-state index in [2.05, 4.69) is 10.2 Å². The van der Waals surface area contributed by atoms with Gasteiger partial charge in [0.15, 0.2) is 0 Å². The Morgan fingerprint density at radius 3 is 2.65 bits per heavy atom. The van der Waals surface area contributed by atoms with Crippen molar-refractivity contribution in [2.75, 3.05) is 39.3 Å². The van der Waals surface area contributed by atoms with Crippen LogP contribution in [0.25, 0.3) is 0 Å². The van der Waals surface area contributed by atoms with E-state index in [9.17, 15) is 9.59 Å². The molecule has 2 aliphatic heterocycles. The number of nitrogens with one attached hydrogen (secondary N) is 1. The van der Waals surface area contributed by atoms with Crippen LogP contribution in [0.2, 0.25) is 0 Å². The summed E-state index contributed by atoms with van der Waals surface area (Å²) < 4.78 is 5.08. The molecule has 2 heterocycles. The number of esters is 1. The molecule has 0 aromatic carbocycles. The summed E-state index contributed by atoms with van der Waals surface area (Å²) in [6.45, 7) is 8.35. The number of rotatable bonds is 4. The van der Waals surface area contributed by atoms with Crippen LogP contribution < -0.4 is 5.32 Å². The van der Waals surface area contributed by atoms with Crippen LogP contribution >= 0.6 is 0 Å². The highest BCUT2D eigenvalue weighted by molar-refractivity contribution is 5.88. The van der Waals surface area contributed by atoms with Crippen molar-refractivity contribution in [3.05, 3.63) is 0 Å². The highest BCUT2D eigenvalue weighted by Crippen LogP contribution is 2.21. The molecular formula is C14H25N3O3. The summed E-state index contributed by atoms with van der Waals surface area (Å²) in [7, 11) is 0. The predicted molar refractivity (Wildman–Crippen MR) is 75.3 cm³/mol. The molecule has 2 rings (SSSR count). The largest absolute Gasteiger partial charge is 0.464 e. The standard InChI is InChI=1S/C14H25N3O3/c1-3-20-14(19)12-5-4-8-17(12)13(18)11(2)16-9-6-15-7-10-16/h11-12,15H,3-10H2,1-2H3. The monoisotopic (exact) mass is 283 g/mol. The van der Waals surface area contributed by atoms with E-state index >= 15 is 0 Å². The Kier molecular flexibility index (Phi) is 5.37. The molecule has 6 heteroatoms. The lowest BCUT2D eigenvalue weighted by molar-refractivity contribution is -0.154. The van der Waals surface area contributed by atoms with Crippen molar-refractivity contribution in [2.45, 2.75) is 38.8 Å². The van der Waals surface area contributed by atoms with Gasteiger partial charge in [0.1, 0.15) is 6.04 Å². The second kappa shape index (κ2) is 7.04. The van der Waals surface area contributed by atoms with Crippen molar-refractivity contribution in [1.82, 2.24) is 15.1 Å². The number of hydrogen-bond donors (Lipinski definition) is 1. The Morgan fingerprint density at radius 2 is 2.00 bits per heavy atom. The molecule has 2 aliphatic rings. The van der Waals surface area contributed by atoms with Gasteiger partial charge in [-0.25, -0.2) is 4.79 Å². The summed E-state index contributed by atoms with van der Waals surface area (Å²) in [5.41, 5.74) is 0. The van der Waals surface area contributed by atoms with Gasteiger partial charge in [0.25, 0.3) is 0 Å². The van der Waals surface area contributed by atoms with Crippen LogP contribution in [0, 0.1) is 0 Å².